The zero-order valence-electron chi connectivity index (χ0n) is 8.66. The lowest BCUT2D eigenvalue weighted by Crippen LogP contribution is -2.42. The van der Waals surface area contributed by atoms with Gasteiger partial charge in [-0.15, -0.1) is 24.8 Å². The van der Waals surface area contributed by atoms with Gasteiger partial charge in [0, 0.05) is 24.5 Å². The molecule has 4 N–H and O–H groups in total. The minimum Gasteiger partial charge on any atom is -0.327 e. The molecule has 1 aromatic carbocycles. The number of rotatable bonds is 4. The molecule has 2 nitrogen and oxygen atoms in total. The van der Waals surface area contributed by atoms with Crippen LogP contribution in [-0.4, -0.2) is 18.8 Å². The van der Waals surface area contributed by atoms with Crippen LogP contribution in [0.3, 0.4) is 0 Å². The number of hydrogen-bond acceptors (Lipinski definition) is 2. The molecule has 0 heterocycles. The Morgan fingerprint density at radius 1 is 1.06 bits per heavy atom. The van der Waals surface area contributed by atoms with E-state index >= 15 is 0 Å². The average Bonchev–Trinajstić information content (AvgIpc) is 2.21. The zero-order valence-corrected chi connectivity index (χ0v) is 11.0. The van der Waals surface area contributed by atoms with Crippen LogP contribution in [-0.2, 0) is 6.42 Å². The molecule has 0 aliphatic rings. The van der Waals surface area contributed by atoms with Crippen LogP contribution in [0.15, 0.2) is 24.3 Å². The monoisotopic (exact) mass is 288 g/mol. The fourth-order valence-corrected chi connectivity index (χ4v) is 1.32. The topological polar surface area (TPSA) is 52.0 Å². The van der Waals surface area contributed by atoms with E-state index in [0.29, 0.717) is 5.02 Å². The van der Waals surface area contributed by atoms with Gasteiger partial charge in [0.1, 0.15) is 5.67 Å². The van der Waals surface area contributed by atoms with Gasteiger partial charge in [0.05, 0.1) is 0 Å². The fraction of sp³-hybridized carbons (Fsp3) is 0.400. The third kappa shape index (κ3) is 5.32. The largest absolute Gasteiger partial charge is 0.327 e. The molecule has 0 saturated carbocycles. The Balaban J connectivity index is 0. The molecule has 16 heavy (non-hydrogen) atoms. The van der Waals surface area contributed by atoms with Crippen molar-refractivity contribution in [3.8, 4) is 0 Å². The number of hydrogen-bond donors (Lipinski definition) is 2. The highest BCUT2D eigenvalue weighted by Gasteiger charge is 2.26. The Kier molecular flexibility index (Phi) is 9.26. The van der Waals surface area contributed by atoms with Crippen molar-refractivity contribution >= 4 is 36.4 Å². The van der Waals surface area contributed by atoms with E-state index in [1.54, 1.807) is 24.3 Å². The molecule has 0 radical (unpaired) electrons. The van der Waals surface area contributed by atoms with Gasteiger partial charge >= 0.3 is 0 Å². The van der Waals surface area contributed by atoms with Crippen LogP contribution in [0.25, 0.3) is 0 Å². The van der Waals surface area contributed by atoms with E-state index in [-0.39, 0.29) is 44.3 Å². The summed E-state index contributed by atoms with van der Waals surface area (Å²) in [6.45, 7) is -0.127. The zero-order chi connectivity index (χ0) is 10.6. The molecule has 0 spiro atoms. The van der Waals surface area contributed by atoms with Gasteiger partial charge in [0.15, 0.2) is 0 Å². The van der Waals surface area contributed by atoms with Crippen molar-refractivity contribution in [2.24, 2.45) is 11.5 Å². The number of nitrogens with two attached hydrogens (primary N) is 2. The van der Waals surface area contributed by atoms with E-state index in [1.807, 2.05) is 0 Å². The normalized spacial score (nSPS) is 10.2. The maximum Gasteiger partial charge on any atom is 0.139 e. The second kappa shape index (κ2) is 8.09. The Hall–Kier alpha value is -0.0600. The van der Waals surface area contributed by atoms with Crippen LogP contribution in [0.1, 0.15) is 5.56 Å². The van der Waals surface area contributed by atoms with Crippen molar-refractivity contribution in [1.29, 1.82) is 0 Å². The van der Waals surface area contributed by atoms with Crippen LogP contribution in [0, 0.1) is 0 Å². The van der Waals surface area contributed by atoms with Crippen molar-refractivity contribution < 1.29 is 4.39 Å². The molecule has 0 unspecified atom stereocenters. The lowest BCUT2D eigenvalue weighted by atomic mass is 9.96. The summed E-state index contributed by atoms with van der Waals surface area (Å²) in [5.74, 6) is 0. The van der Waals surface area contributed by atoms with Gasteiger partial charge in [-0.3, -0.25) is 0 Å². The molecule has 0 fully saturated rings. The Bertz CT molecular complexity index is 289. The van der Waals surface area contributed by atoms with Crippen molar-refractivity contribution in [3.05, 3.63) is 34.9 Å². The summed E-state index contributed by atoms with van der Waals surface area (Å²) in [6.07, 6.45) is 0.233. The Morgan fingerprint density at radius 2 is 1.50 bits per heavy atom. The van der Waals surface area contributed by atoms with Crippen LogP contribution >= 0.6 is 36.4 Å². The van der Waals surface area contributed by atoms with E-state index in [9.17, 15) is 4.39 Å². The van der Waals surface area contributed by atoms with Crippen LogP contribution in [0.5, 0.6) is 0 Å². The molecule has 1 rings (SSSR count). The third-order valence-electron chi connectivity index (χ3n) is 2.17. The van der Waals surface area contributed by atoms with Crippen molar-refractivity contribution in [1.82, 2.24) is 0 Å². The Labute approximate surface area is 112 Å². The predicted molar refractivity (Wildman–Crippen MR) is 71.6 cm³/mol. The van der Waals surface area contributed by atoms with Gasteiger partial charge in [-0.1, -0.05) is 23.7 Å². The second-order valence-electron chi connectivity index (χ2n) is 3.36. The molecule has 0 saturated heterocycles. The molecular weight excluding hydrogens is 273 g/mol. The summed E-state index contributed by atoms with van der Waals surface area (Å²) in [5, 5.41) is 0.638. The fourth-order valence-electron chi connectivity index (χ4n) is 1.20. The lowest BCUT2D eigenvalue weighted by molar-refractivity contribution is 0.184. The Morgan fingerprint density at radius 3 is 1.88 bits per heavy atom. The lowest BCUT2D eigenvalue weighted by Gasteiger charge is -2.21. The molecule has 0 aromatic heterocycles. The summed E-state index contributed by atoms with van der Waals surface area (Å²) in [5.41, 5.74) is 9.98. The minimum absolute atomic E-state index is 0. The summed E-state index contributed by atoms with van der Waals surface area (Å²) in [6, 6.07) is 7.01. The number of halogens is 4. The molecular formula is C10H16Cl3FN2. The highest BCUT2D eigenvalue weighted by Crippen LogP contribution is 2.17. The van der Waals surface area contributed by atoms with Crippen molar-refractivity contribution in [3.63, 3.8) is 0 Å². The van der Waals surface area contributed by atoms with Gasteiger partial charge in [-0.05, 0) is 17.7 Å². The van der Waals surface area contributed by atoms with E-state index < -0.39 is 5.67 Å². The van der Waals surface area contributed by atoms with E-state index in [4.69, 9.17) is 23.1 Å². The van der Waals surface area contributed by atoms with Gasteiger partial charge in [-0.2, -0.15) is 0 Å². The van der Waals surface area contributed by atoms with Crippen molar-refractivity contribution in [2.75, 3.05) is 13.1 Å². The van der Waals surface area contributed by atoms with E-state index in [2.05, 4.69) is 0 Å². The number of alkyl halides is 1. The van der Waals surface area contributed by atoms with E-state index in [1.165, 1.54) is 0 Å². The van der Waals surface area contributed by atoms with E-state index in [0.717, 1.165) is 5.56 Å². The standard InChI is InChI=1S/C10H14ClFN2.2ClH/c11-9-3-1-8(2-4-9)5-10(12,6-13)7-14;;/h1-4H,5-7,13-14H2;2*1H. The first-order valence-corrected chi connectivity index (χ1v) is 4.81. The number of benzene rings is 1. The summed E-state index contributed by atoms with van der Waals surface area (Å²) < 4.78 is 13.8. The van der Waals surface area contributed by atoms with Crippen LogP contribution in [0.4, 0.5) is 4.39 Å². The SMILES string of the molecule is Cl.Cl.NCC(F)(CN)Cc1ccc(Cl)cc1. The summed E-state index contributed by atoms with van der Waals surface area (Å²) >= 11 is 5.71. The molecule has 1 aromatic rings. The van der Waals surface area contributed by atoms with Gasteiger partial charge in [-0.25, -0.2) is 4.39 Å². The molecule has 0 atom stereocenters. The smallest absolute Gasteiger partial charge is 0.139 e. The molecule has 0 bridgehead atoms. The highest BCUT2D eigenvalue weighted by molar-refractivity contribution is 6.30. The molecule has 94 valence electrons. The second-order valence-corrected chi connectivity index (χ2v) is 3.80. The average molecular weight is 290 g/mol. The van der Waals surface area contributed by atoms with Crippen LogP contribution < -0.4 is 11.5 Å². The first kappa shape index (κ1) is 18.3. The van der Waals surface area contributed by atoms with Gasteiger partial charge < -0.3 is 11.5 Å². The molecule has 0 aliphatic carbocycles. The van der Waals surface area contributed by atoms with Gasteiger partial charge in [0.2, 0.25) is 0 Å². The predicted octanol–water partition coefficient (Wildman–Crippen LogP) is 2.35. The van der Waals surface area contributed by atoms with Crippen LogP contribution in [0.2, 0.25) is 5.02 Å². The molecule has 0 amide bonds. The van der Waals surface area contributed by atoms with Crippen molar-refractivity contribution in [2.45, 2.75) is 12.1 Å². The first-order chi connectivity index (χ1) is 6.59. The third-order valence-corrected chi connectivity index (χ3v) is 2.42. The molecule has 6 heteroatoms. The maximum atomic E-state index is 13.8. The first-order valence-electron chi connectivity index (χ1n) is 4.43. The highest BCUT2D eigenvalue weighted by atomic mass is 35.5. The summed E-state index contributed by atoms with van der Waals surface area (Å²) in [7, 11) is 0. The summed E-state index contributed by atoms with van der Waals surface area (Å²) in [4.78, 5) is 0. The quantitative estimate of drug-likeness (QED) is 0.894. The van der Waals surface area contributed by atoms with Gasteiger partial charge in [0.25, 0.3) is 0 Å². The minimum atomic E-state index is -1.51. The maximum absolute atomic E-state index is 13.8. The molecule has 0 aliphatic heterocycles.